The fourth-order valence-corrected chi connectivity index (χ4v) is 2.91. The summed E-state index contributed by atoms with van der Waals surface area (Å²) >= 11 is 0. The van der Waals surface area contributed by atoms with Gasteiger partial charge in [-0.1, -0.05) is 24.3 Å². The van der Waals surface area contributed by atoms with Gasteiger partial charge in [-0.3, -0.25) is 4.99 Å². The maximum Gasteiger partial charge on any atom is 0.191 e. The van der Waals surface area contributed by atoms with Crippen molar-refractivity contribution in [2.24, 2.45) is 4.99 Å². The van der Waals surface area contributed by atoms with Crippen molar-refractivity contribution in [1.82, 2.24) is 10.6 Å². The molecule has 0 aliphatic rings. The van der Waals surface area contributed by atoms with Crippen LogP contribution in [0, 0.1) is 5.82 Å². The predicted molar refractivity (Wildman–Crippen MR) is 113 cm³/mol. The lowest BCUT2D eigenvalue weighted by Gasteiger charge is -2.12. The van der Waals surface area contributed by atoms with Crippen LogP contribution in [-0.2, 0) is 22.8 Å². The fourth-order valence-electron chi connectivity index (χ4n) is 2.28. The molecule has 0 bridgehead atoms. The maximum absolute atomic E-state index is 13.1. The normalized spacial score (nSPS) is 11.6. The van der Waals surface area contributed by atoms with Gasteiger partial charge in [0.25, 0.3) is 0 Å². The summed E-state index contributed by atoms with van der Waals surface area (Å²) in [7, 11) is -1.51. The number of hydrogen-bond donors (Lipinski definition) is 2. The average Bonchev–Trinajstić information content (AvgIpc) is 2.57. The molecule has 2 rings (SSSR count). The van der Waals surface area contributed by atoms with Gasteiger partial charge in [-0.25, -0.2) is 12.8 Å². The average molecular weight is 491 g/mol. The molecule has 0 atom stereocenters. The second-order valence-electron chi connectivity index (χ2n) is 5.65. The monoisotopic (exact) mass is 491 g/mol. The first-order valence-corrected chi connectivity index (χ1v) is 9.75. The molecule has 8 heteroatoms. The van der Waals surface area contributed by atoms with E-state index in [4.69, 9.17) is 0 Å². The SMILES string of the molecule is CN=C(NCCc1cccc(F)c1)NCc1ccc(S(C)(=O)=O)cc1.I. The van der Waals surface area contributed by atoms with Crippen molar-refractivity contribution in [1.29, 1.82) is 0 Å². The number of rotatable bonds is 6. The molecule has 0 aliphatic carbocycles. The summed E-state index contributed by atoms with van der Waals surface area (Å²) in [5.74, 6) is 0.390. The summed E-state index contributed by atoms with van der Waals surface area (Å²) < 4.78 is 36.0. The van der Waals surface area contributed by atoms with E-state index in [2.05, 4.69) is 15.6 Å². The summed E-state index contributed by atoms with van der Waals surface area (Å²) in [6.45, 7) is 1.14. The molecule has 0 spiro atoms. The molecular weight excluding hydrogens is 468 g/mol. The third-order valence-electron chi connectivity index (χ3n) is 3.63. The van der Waals surface area contributed by atoms with Crippen molar-refractivity contribution in [3.05, 3.63) is 65.5 Å². The van der Waals surface area contributed by atoms with Gasteiger partial charge in [-0.15, -0.1) is 24.0 Å². The van der Waals surface area contributed by atoms with Crippen LogP contribution >= 0.6 is 24.0 Å². The van der Waals surface area contributed by atoms with Gasteiger partial charge < -0.3 is 10.6 Å². The second kappa shape index (κ2) is 10.5. The highest BCUT2D eigenvalue weighted by atomic mass is 127. The zero-order chi connectivity index (χ0) is 18.3. The Hall–Kier alpha value is -1.68. The standard InChI is InChI=1S/C18H22FN3O2S.HI/c1-20-18(21-11-10-14-4-3-5-16(19)12-14)22-13-15-6-8-17(9-7-15)25(2,23)24;/h3-9,12H,10-11,13H2,1-2H3,(H2,20,21,22);1H. The van der Waals surface area contributed by atoms with Gasteiger partial charge in [-0.05, 0) is 41.8 Å². The molecule has 2 N–H and O–H groups in total. The van der Waals surface area contributed by atoms with Crippen LogP contribution in [-0.4, -0.2) is 34.2 Å². The molecular formula is C18H23FIN3O2S. The molecule has 0 aromatic heterocycles. The molecule has 0 heterocycles. The first kappa shape index (κ1) is 22.4. The molecule has 5 nitrogen and oxygen atoms in total. The van der Waals surface area contributed by atoms with E-state index in [-0.39, 0.29) is 29.8 Å². The second-order valence-corrected chi connectivity index (χ2v) is 7.66. The number of aliphatic imine (C=N–C) groups is 1. The van der Waals surface area contributed by atoms with Crippen molar-refractivity contribution in [2.75, 3.05) is 19.8 Å². The van der Waals surface area contributed by atoms with E-state index in [1.807, 2.05) is 6.07 Å². The van der Waals surface area contributed by atoms with Gasteiger partial charge in [0.15, 0.2) is 15.8 Å². The van der Waals surface area contributed by atoms with E-state index >= 15 is 0 Å². The Labute approximate surface area is 171 Å². The van der Waals surface area contributed by atoms with E-state index in [1.54, 1.807) is 37.4 Å². The molecule has 26 heavy (non-hydrogen) atoms. The first-order chi connectivity index (χ1) is 11.9. The van der Waals surface area contributed by atoms with Crippen molar-refractivity contribution in [3.8, 4) is 0 Å². The minimum absolute atomic E-state index is 0. The topological polar surface area (TPSA) is 70.6 Å². The Bertz CT molecular complexity index is 840. The van der Waals surface area contributed by atoms with E-state index in [0.29, 0.717) is 30.4 Å². The van der Waals surface area contributed by atoms with Crippen molar-refractivity contribution < 1.29 is 12.8 Å². The van der Waals surface area contributed by atoms with E-state index < -0.39 is 9.84 Å². The minimum Gasteiger partial charge on any atom is -0.356 e. The fraction of sp³-hybridized carbons (Fsp3) is 0.278. The first-order valence-electron chi connectivity index (χ1n) is 7.86. The molecule has 142 valence electrons. The Balaban J connectivity index is 0.00000338. The van der Waals surface area contributed by atoms with Crippen LogP contribution < -0.4 is 10.6 Å². The summed E-state index contributed by atoms with van der Waals surface area (Å²) in [5.41, 5.74) is 1.86. The molecule has 2 aromatic rings. The number of hydrogen-bond acceptors (Lipinski definition) is 3. The quantitative estimate of drug-likeness (QED) is 0.371. The van der Waals surface area contributed by atoms with Gasteiger partial charge in [-0.2, -0.15) is 0 Å². The summed E-state index contributed by atoms with van der Waals surface area (Å²) in [4.78, 5) is 4.43. The molecule has 0 saturated heterocycles. The van der Waals surface area contributed by atoms with Gasteiger partial charge in [0.1, 0.15) is 5.82 Å². The number of nitrogens with one attached hydrogen (secondary N) is 2. The highest BCUT2D eigenvalue weighted by Gasteiger charge is 2.06. The lowest BCUT2D eigenvalue weighted by molar-refractivity contribution is 0.602. The largest absolute Gasteiger partial charge is 0.356 e. The summed E-state index contributed by atoms with van der Waals surface area (Å²) in [6, 6.07) is 13.2. The summed E-state index contributed by atoms with van der Waals surface area (Å²) in [5, 5.41) is 6.32. The molecule has 0 unspecified atom stereocenters. The van der Waals surface area contributed by atoms with E-state index in [1.165, 1.54) is 18.4 Å². The molecule has 0 aliphatic heterocycles. The van der Waals surface area contributed by atoms with Crippen LogP contribution in [0.1, 0.15) is 11.1 Å². The van der Waals surface area contributed by atoms with Gasteiger partial charge in [0, 0.05) is 26.4 Å². The van der Waals surface area contributed by atoms with Crippen LogP contribution in [0.25, 0.3) is 0 Å². The lowest BCUT2D eigenvalue weighted by atomic mass is 10.1. The Morgan fingerprint density at radius 3 is 2.35 bits per heavy atom. The number of sulfone groups is 1. The maximum atomic E-state index is 13.1. The van der Waals surface area contributed by atoms with Crippen LogP contribution in [0.4, 0.5) is 4.39 Å². The Morgan fingerprint density at radius 2 is 1.77 bits per heavy atom. The minimum atomic E-state index is -3.18. The van der Waals surface area contributed by atoms with E-state index in [0.717, 1.165) is 11.1 Å². The smallest absolute Gasteiger partial charge is 0.191 e. The highest BCUT2D eigenvalue weighted by Crippen LogP contribution is 2.10. The van der Waals surface area contributed by atoms with Crippen LogP contribution in [0.3, 0.4) is 0 Å². The zero-order valence-corrected chi connectivity index (χ0v) is 17.8. The van der Waals surface area contributed by atoms with Crippen LogP contribution in [0.15, 0.2) is 58.4 Å². The molecule has 0 amide bonds. The predicted octanol–water partition coefficient (Wildman–Crippen LogP) is 2.75. The number of benzene rings is 2. The molecule has 2 aromatic carbocycles. The van der Waals surface area contributed by atoms with Crippen molar-refractivity contribution in [2.45, 2.75) is 17.9 Å². The Kier molecular flexibility index (Phi) is 9.00. The zero-order valence-electron chi connectivity index (χ0n) is 14.7. The highest BCUT2D eigenvalue weighted by molar-refractivity contribution is 14.0. The third kappa shape index (κ3) is 7.28. The molecule has 0 fully saturated rings. The third-order valence-corrected chi connectivity index (χ3v) is 4.76. The Morgan fingerprint density at radius 1 is 1.08 bits per heavy atom. The van der Waals surface area contributed by atoms with Crippen molar-refractivity contribution in [3.63, 3.8) is 0 Å². The van der Waals surface area contributed by atoms with Gasteiger partial charge in [0.05, 0.1) is 4.90 Å². The van der Waals surface area contributed by atoms with Gasteiger partial charge >= 0.3 is 0 Å². The van der Waals surface area contributed by atoms with Crippen molar-refractivity contribution >= 4 is 39.8 Å². The van der Waals surface area contributed by atoms with Gasteiger partial charge in [0.2, 0.25) is 0 Å². The number of halogens is 2. The molecule has 0 saturated carbocycles. The van der Waals surface area contributed by atoms with Crippen LogP contribution in [0.2, 0.25) is 0 Å². The summed E-state index contributed by atoms with van der Waals surface area (Å²) in [6.07, 6.45) is 1.87. The number of nitrogens with zero attached hydrogens (tertiary/aromatic N) is 1. The van der Waals surface area contributed by atoms with E-state index in [9.17, 15) is 12.8 Å². The lowest BCUT2D eigenvalue weighted by Crippen LogP contribution is -2.37. The number of guanidine groups is 1. The molecule has 0 radical (unpaired) electrons. The van der Waals surface area contributed by atoms with Crippen LogP contribution in [0.5, 0.6) is 0 Å².